The van der Waals surface area contributed by atoms with Gasteiger partial charge in [-0.1, -0.05) is 12.7 Å². The Morgan fingerprint density at radius 2 is 2.32 bits per heavy atom. The summed E-state index contributed by atoms with van der Waals surface area (Å²) in [5.41, 5.74) is 0.994. The van der Waals surface area contributed by atoms with Crippen molar-refractivity contribution in [1.82, 2.24) is 0 Å². The highest BCUT2D eigenvalue weighted by Crippen LogP contribution is 2.40. The largest absolute Gasteiger partial charge is 0.482 e. The van der Waals surface area contributed by atoms with Gasteiger partial charge in [0, 0.05) is 17.0 Å². The van der Waals surface area contributed by atoms with Crippen LogP contribution in [-0.4, -0.2) is 6.61 Å². The van der Waals surface area contributed by atoms with Gasteiger partial charge in [-0.25, -0.2) is 4.79 Å². The van der Waals surface area contributed by atoms with Crippen molar-refractivity contribution in [3.63, 3.8) is 0 Å². The molecule has 0 saturated carbocycles. The molecule has 0 unspecified atom stereocenters. The Bertz CT molecular complexity index is 725. The molecule has 96 valence electrons. The van der Waals surface area contributed by atoms with Gasteiger partial charge in [0.25, 0.3) is 0 Å². The molecule has 1 aromatic carbocycles. The Hall–Kier alpha value is -2.49. The summed E-state index contributed by atoms with van der Waals surface area (Å²) in [6.07, 6.45) is 5.92. The first-order chi connectivity index (χ1) is 9.29. The molecule has 0 N–H and O–H groups in total. The van der Waals surface area contributed by atoms with E-state index in [1.807, 2.05) is 12.1 Å². The van der Waals surface area contributed by atoms with Gasteiger partial charge in [-0.05, 0) is 24.6 Å². The Labute approximate surface area is 109 Å². The van der Waals surface area contributed by atoms with E-state index >= 15 is 0 Å². The Balaban J connectivity index is 2.29. The Morgan fingerprint density at radius 1 is 1.42 bits per heavy atom. The molecule has 1 aromatic heterocycles. The molecule has 2 aromatic rings. The number of benzene rings is 1. The molecule has 0 radical (unpaired) electrons. The van der Waals surface area contributed by atoms with Crippen LogP contribution in [0.15, 0.2) is 52.4 Å². The summed E-state index contributed by atoms with van der Waals surface area (Å²) in [4.78, 5) is 11.4. The molecule has 0 saturated heterocycles. The van der Waals surface area contributed by atoms with Crippen molar-refractivity contribution in [3.05, 3.63) is 59.2 Å². The molecule has 0 spiro atoms. The molecule has 0 fully saturated rings. The van der Waals surface area contributed by atoms with E-state index in [0.717, 1.165) is 17.4 Å². The average Bonchev–Trinajstić information content (AvgIpc) is 2.44. The van der Waals surface area contributed by atoms with Crippen LogP contribution in [0.2, 0.25) is 0 Å². The fourth-order valence-electron chi connectivity index (χ4n) is 2.07. The second-order valence-corrected chi connectivity index (χ2v) is 4.16. The summed E-state index contributed by atoms with van der Waals surface area (Å²) in [6.45, 7) is 3.93. The first-order valence-electron chi connectivity index (χ1n) is 5.94. The maximum Gasteiger partial charge on any atom is 0.336 e. The van der Waals surface area contributed by atoms with E-state index in [1.165, 1.54) is 6.07 Å². The van der Waals surface area contributed by atoms with E-state index in [9.17, 15) is 4.79 Å². The van der Waals surface area contributed by atoms with Gasteiger partial charge in [0.15, 0.2) is 11.3 Å². The molecular weight excluding hydrogens is 244 g/mol. The van der Waals surface area contributed by atoms with Gasteiger partial charge >= 0.3 is 5.63 Å². The smallest absolute Gasteiger partial charge is 0.336 e. The van der Waals surface area contributed by atoms with E-state index < -0.39 is 5.63 Å². The molecule has 0 bridgehead atoms. The first kappa shape index (κ1) is 11.6. The van der Waals surface area contributed by atoms with E-state index in [0.29, 0.717) is 23.7 Å². The highest BCUT2D eigenvalue weighted by Gasteiger charge is 2.19. The number of fused-ring (bicyclic) bond motifs is 2. The molecular formula is C15H12O4. The van der Waals surface area contributed by atoms with E-state index in [1.54, 1.807) is 18.4 Å². The monoisotopic (exact) mass is 256 g/mol. The van der Waals surface area contributed by atoms with Crippen LogP contribution in [0.3, 0.4) is 0 Å². The van der Waals surface area contributed by atoms with Crippen LogP contribution >= 0.6 is 0 Å². The van der Waals surface area contributed by atoms with Crippen LogP contribution in [-0.2, 0) is 6.42 Å². The molecule has 3 rings (SSSR count). The number of hydrogen-bond donors (Lipinski definition) is 0. The lowest BCUT2D eigenvalue weighted by Gasteiger charge is -2.17. The van der Waals surface area contributed by atoms with Gasteiger partial charge in [-0.3, -0.25) is 0 Å². The minimum Gasteiger partial charge on any atom is -0.482 e. The predicted molar refractivity (Wildman–Crippen MR) is 71.6 cm³/mol. The first-order valence-corrected chi connectivity index (χ1v) is 5.94. The standard InChI is InChI=1S/C15H12O4/c1-2-7-17-15-13-10(4-3-8-18-13)9-11-5-6-12(16)19-14(11)15/h2-3,5-6,8-9H,1,4,7H2. The summed E-state index contributed by atoms with van der Waals surface area (Å²) in [7, 11) is 0. The molecule has 0 amide bonds. The lowest BCUT2D eigenvalue weighted by molar-refractivity contribution is 0.333. The van der Waals surface area contributed by atoms with Crippen LogP contribution in [0.1, 0.15) is 5.56 Å². The fourth-order valence-corrected chi connectivity index (χ4v) is 2.07. The third kappa shape index (κ3) is 2.01. The quantitative estimate of drug-likeness (QED) is 0.626. The topological polar surface area (TPSA) is 48.7 Å². The van der Waals surface area contributed by atoms with Crippen molar-refractivity contribution in [2.75, 3.05) is 6.61 Å². The maximum absolute atomic E-state index is 11.4. The molecule has 19 heavy (non-hydrogen) atoms. The summed E-state index contributed by atoms with van der Waals surface area (Å²) < 4.78 is 16.3. The molecule has 4 heteroatoms. The highest BCUT2D eigenvalue weighted by molar-refractivity contribution is 5.87. The van der Waals surface area contributed by atoms with Gasteiger partial charge in [-0.2, -0.15) is 0 Å². The van der Waals surface area contributed by atoms with Gasteiger partial charge in [0.05, 0.1) is 6.26 Å². The number of rotatable bonds is 3. The van der Waals surface area contributed by atoms with Crippen LogP contribution < -0.4 is 15.1 Å². The number of allylic oxidation sites excluding steroid dienone is 1. The minimum absolute atomic E-state index is 0.317. The zero-order valence-corrected chi connectivity index (χ0v) is 10.2. The summed E-state index contributed by atoms with van der Waals surface area (Å²) in [5, 5.41) is 0.816. The van der Waals surface area contributed by atoms with Gasteiger partial charge < -0.3 is 13.9 Å². The van der Waals surface area contributed by atoms with Gasteiger partial charge in [-0.15, -0.1) is 0 Å². The maximum atomic E-state index is 11.4. The summed E-state index contributed by atoms with van der Waals surface area (Å²) in [6, 6.07) is 5.06. The van der Waals surface area contributed by atoms with Crippen molar-refractivity contribution in [3.8, 4) is 11.5 Å². The lowest BCUT2D eigenvalue weighted by atomic mass is 10.1. The van der Waals surface area contributed by atoms with Crippen LogP contribution in [0, 0.1) is 0 Å². The SMILES string of the molecule is C=CCOc1c2c(cc3ccc(=O)oc13)CC=CO2. The molecule has 0 atom stereocenters. The summed E-state index contributed by atoms with van der Waals surface area (Å²) in [5.74, 6) is 1.06. The Kier molecular flexibility index (Phi) is 2.83. The average molecular weight is 256 g/mol. The van der Waals surface area contributed by atoms with Crippen LogP contribution in [0.25, 0.3) is 11.0 Å². The van der Waals surface area contributed by atoms with Crippen molar-refractivity contribution in [2.24, 2.45) is 0 Å². The number of ether oxygens (including phenoxy) is 2. The highest BCUT2D eigenvalue weighted by atomic mass is 16.5. The molecule has 1 aliphatic rings. The second-order valence-electron chi connectivity index (χ2n) is 4.16. The van der Waals surface area contributed by atoms with Crippen molar-refractivity contribution >= 4 is 11.0 Å². The minimum atomic E-state index is -0.415. The third-order valence-corrected chi connectivity index (χ3v) is 2.86. The second kappa shape index (κ2) is 4.65. The molecule has 2 heterocycles. The van der Waals surface area contributed by atoms with Crippen molar-refractivity contribution in [1.29, 1.82) is 0 Å². The molecule has 0 aliphatic carbocycles. The van der Waals surface area contributed by atoms with E-state index in [-0.39, 0.29) is 0 Å². The molecule has 1 aliphatic heterocycles. The van der Waals surface area contributed by atoms with Crippen LogP contribution in [0.4, 0.5) is 0 Å². The fraction of sp³-hybridized carbons (Fsp3) is 0.133. The van der Waals surface area contributed by atoms with E-state index in [2.05, 4.69) is 6.58 Å². The van der Waals surface area contributed by atoms with E-state index in [4.69, 9.17) is 13.9 Å². The zero-order chi connectivity index (χ0) is 13.2. The lowest BCUT2D eigenvalue weighted by Crippen LogP contribution is -2.04. The van der Waals surface area contributed by atoms with Gasteiger partial charge in [0.2, 0.25) is 5.75 Å². The van der Waals surface area contributed by atoms with Gasteiger partial charge in [0.1, 0.15) is 6.61 Å². The van der Waals surface area contributed by atoms with Crippen molar-refractivity contribution < 1.29 is 13.9 Å². The third-order valence-electron chi connectivity index (χ3n) is 2.86. The zero-order valence-electron chi connectivity index (χ0n) is 10.2. The van der Waals surface area contributed by atoms with Crippen LogP contribution in [0.5, 0.6) is 11.5 Å². The summed E-state index contributed by atoms with van der Waals surface area (Å²) >= 11 is 0. The molecule has 4 nitrogen and oxygen atoms in total. The predicted octanol–water partition coefficient (Wildman–Crippen LogP) is 2.81. The van der Waals surface area contributed by atoms with Crippen molar-refractivity contribution in [2.45, 2.75) is 6.42 Å². The number of hydrogen-bond acceptors (Lipinski definition) is 4. The Morgan fingerprint density at radius 3 is 3.16 bits per heavy atom. The normalized spacial score (nSPS) is 12.8.